The molecule has 1 unspecified atom stereocenters. The first-order valence-electron chi connectivity index (χ1n) is 8.30. The molecule has 1 amide bonds. The summed E-state index contributed by atoms with van der Waals surface area (Å²) in [5.74, 6) is 0.653. The fourth-order valence-electron chi connectivity index (χ4n) is 4.25. The first-order valence-corrected chi connectivity index (χ1v) is 9.12. The van der Waals surface area contributed by atoms with Crippen molar-refractivity contribution in [3.05, 3.63) is 29.1 Å². The molecule has 130 valence electrons. The molecule has 24 heavy (non-hydrogen) atoms. The number of thiophene rings is 1. The van der Waals surface area contributed by atoms with E-state index < -0.39 is 0 Å². The van der Waals surface area contributed by atoms with Gasteiger partial charge in [-0.2, -0.15) is 0 Å². The van der Waals surface area contributed by atoms with Gasteiger partial charge in [-0.3, -0.25) is 9.69 Å². The number of hydrogen-bond donors (Lipinski definition) is 2. The quantitative estimate of drug-likeness (QED) is 0.801. The first kappa shape index (κ1) is 17.5. The normalized spacial score (nSPS) is 27.7. The predicted molar refractivity (Wildman–Crippen MR) is 103 cm³/mol. The predicted octanol–water partition coefficient (Wildman–Crippen LogP) is 3.51. The molecule has 2 aromatic rings. The van der Waals surface area contributed by atoms with Gasteiger partial charge in [0.1, 0.15) is 0 Å². The molecule has 3 saturated heterocycles. The van der Waals surface area contributed by atoms with Crippen LogP contribution in [0, 0.1) is 5.92 Å². The summed E-state index contributed by atoms with van der Waals surface area (Å²) in [6.45, 7) is 6.84. The second-order valence-electron chi connectivity index (χ2n) is 7.34. The van der Waals surface area contributed by atoms with Crippen molar-refractivity contribution < 1.29 is 4.79 Å². The van der Waals surface area contributed by atoms with E-state index in [4.69, 9.17) is 5.73 Å². The lowest BCUT2D eigenvalue weighted by Gasteiger charge is -2.56. The zero-order valence-corrected chi connectivity index (χ0v) is 15.7. The van der Waals surface area contributed by atoms with Gasteiger partial charge in [0, 0.05) is 22.0 Å². The minimum absolute atomic E-state index is 0. The lowest BCUT2D eigenvalue weighted by molar-refractivity contribution is -0.0377. The largest absolute Gasteiger partial charge is 0.399 e. The maximum Gasteiger partial charge on any atom is 0.261 e. The summed E-state index contributed by atoms with van der Waals surface area (Å²) in [6, 6.07) is 8.01. The lowest BCUT2D eigenvalue weighted by atomic mass is 9.72. The number of anilines is 1. The Morgan fingerprint density at radius 3 is 2.67 bits per heavy atom. The van der Waals surface area contributed by atoms with Gasteiger partial charge in [0.2, 0.25) is 0 Å². The first-order chi connectivity index (χ1) is 10.9. The fraction of sp³-hybridized carbons (Fsp3) is 0.500. The fourth-order valence-corrected chi connectivity index (χ4v) is 5.26. The number of carbonyl (C=O) groups excluding carboxylic acids is 1. The number of fused-ring (bicyclic) bond motifs is 4. The molecule has 0 aliphatic carbocycles. The Kier molecular flexibility index (Phi) is 4.53. The van der Waals surface area contributed by atoms with Crippen LogP contribution in [0.1, 0.15) is 36.4 Å². The Morgan fingerprint density at radius 1 is 1.29 bits per heavy atom. The molecule has 4 nitrogen and oxygen atoms in total. The third-order valence-corrected chi connectivity index (χ3v) is 6.74. The van der Waals surface area contributed by atoms with Crippen molar-refractivity contribution >= 4 is 45.4 Å². The lowest BCUT2D eigenvalue weighted by Crippen LogP contribution is -2.69. The molecule has 3 aliphatic rings. The van der Waals surface area contributed by atoms with Crippen LogP contribution >= 0.6 is 23.7 Å². The van der Waals surface area contributed by atoms with Crippen LogP contribution < -0.4 is 11.1 Å². The number of hydrogen-bond acceptors (Lipinski definition) is 4. The van der Waals surface area contributed by atoms with Gasteiger partial charge in [0.05, 0.1) is 4.88 Å². The highest BCUT2D eigenvalue weighted by molar-refractivity contribution is 7.20. The van der Waals surface area contributed by atoms with E-state index in [1.807, 2.05) is 24.3 Å². The Balaban J connectivity index is 0.00000169. The molecule has 1 aromatic heterocycles. The average Bonchev–Trinajstić information content (AvgIpc) is 2.94. The number of nitrogens with one attached hydrogen (secondary N) is 1. The molecular weight excluding hydrogens is 342 g/mol. The number of benzene rings is 1. The number of rotatable bonds is 2. The van der Waals surface area contributed by atoms with Crippen LogP contribution in [-0.4, -0.2) is 35.5 Å². The number of amides is 1. The second kappa shape index (κ2) is 6.21. The van der Waals surface area contributed by atoms with Gasteiger partial charge in [-0.15, -0.1) is 23.7 Å². The second-order valence-corrected chi connectivity index (χ2v) is 8.42. The van der Waals surface area contributed by atoms with Crippen molar-refractivity contribution in [3.63, 3.8) is 0 Å². The summed E-state index contributed by atoms with van der Waals surface area (Å²) >= 11 is 1.52. The zero-order valence-electron chi connectivity index (χ0n) is 14.0. The highest BCUT2D eigenvalue weighted by Crippen LogP contribution is 2.39. The van der Waals surface area contributed by atoms with Crippen molar-refractivity contribution in [2.75, 3.05) is 18.8 Å². The summed E-state index contributed by atoms with van der Waals surface area (Å²) in [5, 5.41) is 4.42. The Labute approximate surface area is 152 Å². The third kappa shape index (κ3) is 2.79. The third-order valence-electron chi connectivity index (χ3n) is 5.64. The summed E-state index contributed by atoms with van der Waals surface area (Å²) in [7, 11) is 0. The number of halogens is 1. The summed E-state index contributed by atoms with van der Waals surface area (Å²) in [4.78, 5) is 16.1. The Morgan fingerprint density at radius 2 is 2.00 bits per heavy atom. The van der Waals surface area contributed by atoms with Crippen LogP contribution in [0.3, 0.4) is 0 Å². The van der Waals surface area contributed by atoms with Crippen LogP contribution in [0.15, 0.2) is 24.3 Å². The van der Waals surface area contributed by atoms with Crippen LogP contribution in [-0.2, 0) is 0 Å². The van der Waals surface area contributed by atoms with E-state index in [2.05, 4.69) is 24.1 Å². The SMILES string of the molecule is CC1(C)C(NC(=O)c2cc3ccc(N)cc3s2)C2CCN1CC2.Cl. The zero-order chi connectivity index (χ0) is 16.2. The number of piperidine rings is 3. The van der Waals surface area contributed by atoms with Crippen LogP contribution in [0.5, 0.6) is 0 Å². The van der Waals surface area contributed by atoms with E-state index in [1.54, 1.807) is 0 Å². The average molecular weight is 366 g/mol. The molecule has 0 radical (unpaired) electrons. The minimum atomic E-state index is 0. The van der Waals surface area contributed by atoms with Gasteiger partial charge < -0.3 is 11.1 Å². The van der Waals surface area contributed by atoms with Crippen molar-refractivity contribution in [2.24, 2.45) is 5.92 Å². The summed E-state index contributed by atoms with van der Waals surface area (Å²) in [6.07, 6.45) is 2.38. The number of nitrogens with two attached hydrogens (primary N) is 1. The van der Waals surface area contributed by atoms with Crippen molar-refractivity contribution in [1.82, 2.24) is 10.2 Å². The van der Waals surface area contributed by atoms with Crippen molar-refractivity contribution in [3.8, 4) is 0 Å². The van der Waals surface area contributed by atoms with E-state index in [0.717, 1.165) is 33.7 Å². The molecule has 0 spiro atoms. The minimum Gasteiger partial charge on any atom is -0.399 e. The molecule has 3 aliphatic heterocycles. The highest BCUT2D eigenvalue weighted by atomic mass is 35.5. The molecule has 0 saturated carbocycles. The number of nitrogen functional groups attached to an aromatic ring is 1. The van der Waals surface area contributed by atoms with Gasteiger partial charge >= 0.3 is 0 Å². The molecule has 3 fully saturated rings. The maximum atomic E-state index is 12.8. The Bertz CT molecular complexity index is 765. The number of carbonyl (C=O) groups is 1. The van der Waals surface area contributed by atoms with Crippen molar-refractivity contribution in [1.29, 1.82) is 0 Å². The van der Waals surface area contributed by atoms with Crippen LogP contribution in [0.25, 0.3) is 10.1 Å². The summed E-state index contributed by atoms with van der Waals surface area (Å²) < 4.78 is 1.07. The molecule has 1 aromatic carbocycles. The van der Waals surface area contributed by atoms with Gasteiger partial charge in [-0.25, -0.2) is 0 Å². The van der Waals surface area contributed by atoms with E-state index in [9.17, 15) is 4.79 Å². The molecule has 4 heterocycles. The van der Waals surface area contributed by atoms with Gasteiger partial charge in [0.15, 0.2) is 0 Å². The van der Waals surface area contributed by atoms with Gasteiger partial charge in [0.25, 0.3) is 5.91 Å². The molecule has 3 N–H and O–H groups in total. The molecule has 6 heteroatoms. The molecule has 1 atom stereocenters. The van der Waals surface area contributed by atoms with E-state index >= 15 is 0 Å². The van der Waals surface area contributed by atoms with Gasteiger partial charge in [-0.05, 0) is 69.3 Å². The topological polar surface area (TPSA) is 58.4 Å². The monoisotopic (exact) mass is 365 g/mol. The van der Waals surface area contributed by atoms with E-state index in [0.29, 0.717) is 5.92 Å². The van der Waals surface area contributed by atoms with E-state index in [1.165, 1.54) is 24.2 Å². The molecule has 2 bridgehead atoms. The highest BCUT2D eigenvalue weighted by Gasteiger charge is 2.48. The molecule has 5 rings (SSSR count). The maximum absolute atomic E-state index is 12.8. The molecular formula is C18H24ClN3OS. The van der Waals surface area contributed by atoms with E-state index in [-0.39, 0.29) is 29.9 Å². The standard InChI is InChI=1S/C18H23N3OS.ClH/c1-18(2)16(11-5-7-21(18)8-6-11)20-17(22)15-9-12-3-4-13(19)10-14(12)23-15;/h3-4,9-11,16H,5-8,19H2,1-2H3,(H,20,22);1H. The number of nitrogens with zero attached hydrogens (tertiary/aromatic N) is 1. The summed E-state index contributed by atoms with van der Waals surface area (Å²) in [5.41, 5.74) is 6.62. The smallest absolute Gasteiger partial charge is 0.261 e. The van der Waals surface area contributed by atoms with Crippen LogP contribution in [0.4, 0.5) is 5.69 Å². The van der Waals surface area contributed by atoms with Crippen LogP contribution in [0.2, 0.25) is 0 Å². The van der Waals surface area contributed by atoms with Gasteiger partial charge in [-0.1, -0.05) is 6.07 Å². The Hall–Kier alpha value is -1.30. The van der Waals surface area contributed by atoms with Crippen molar-refractivity contribution in [2.45, 2.75) is 38.3 Å².